The lowest BCUT2D eigenvalue weighted by Crippen LogP contribution is -2.27. The Hall–Kier alpha value is -4.20. The number of nitrogens with zero attached hydrogens (tertiary/aromatic N) is 1. The van der Waals surface area contributed by atoms with Crippen LogP contribution in [0, 0.1) is 0 Å². The van der Waals surface area contributed by atoms with E-state index in [2.05, 4.69) is 20.9 Å². The number of amides is 3. The molecule has 0 bridgehead atoms. The highest BCUT2D eigenvalue weighted by molar-refractivity contribution is 6.04. The molecule has 1 aliphatic heterocycles. The van der Waals surface area contributed by atoms with E-state index in [-0.39, 0.29) is 5.91 Å². The topological polar surface area (TPSA) is 91.9 Å². The van der Waals surface area contributed by atoms with Crippen LogP contribution in [0.3, 0.4) is 0 Å². The molecule has 8 nitrogen and oxygen atoms in total. The number of rotatable bonds is 8. The van der Waals surface area contributed by atoms with Crippen molar-refractivity contribution in [1.82, 2.24) is 5.32 Å². The van der Waals surface area contributed by atoms with Crippen LogP contribution in [-0.4, -0.2) is 39.2 Å². The van der Waals surface area contributed by atoms with E-state index in [1.165, 1.54) is 7.11 Å². The molecule has 0 saturated carbocycles. The van der Waals surface area contributed by atoms with Crippen molar-refractivity contribution in [2.75, 3.05) is 42.8 Å². The van der Waals surface area contributed by atoms with Crippen molar-refractivity contribution < 1.29 is 19.1 Å². The van der Waals surface area contributed by atoms with Crippen LogP contribution in [0.1, 0.15) is 28.8 Å². The van der Waals surface area contributed by atoms with E-state index in [1.54, 1.807) is 31.4 Å². The smallest absolute Gasteiger partial charge is 0.323 e. The van der Waals surface area contributed by atoms with Crippen LogP contribution >= 0.6 is 0 Å². The van der Waals surface area contributed by atoms with Crippen LogP contribution in [0.4, 0.5) is 21.9 Å². The summed E-state index contributed by atoms with van der Waals surface area (Å²) < 4.78 is 10.5. The number of benzene rings is 3. The first kappa shape index (κ1) is 23.9. The normalized spacial score (nSPS) is 12.7. The van der Waals surface area contributed by atoms with Crippen LogP contribution in [0.5, 0.6) is 11.5 Å². The molecule has 0 unspecified atom stereocenters. The summed E-state index contributed by atoms with van der Waals surface area (Å²) >= 11 is 0. The number of methoxy groups -OCH3 is 2. The highest BCUT2D eigenvalue weighted by Crippen LogP contribution is 2.30. The minimum absolute atomic E-state index is 0.184. The lowest BCUT2D eigenvalue weighted by atomic mass is 10.1. The summed E-state index contributed by atoms with van der Waals surface area (Å²) in [5, 5.41) is 8.61. The first-order valence-electron chi connectivity index (χ1n) is 11.6. The molecule has 35 heavy (non-hydrogen) atoms. The molecule has 1 fully saturated rings. The van der Waals surface area contributed by atoms with Crippen LogP contribution in [-0.2, 0) is 6.54 Å². The zero-order valence-corrected chi connectivity index (χ0v) is 20.0. The van der Waals surface area contributed by atoms with Gasteiger partial charge in [-0.15, -0.1) is 0 Å². The molecular formula is C27H30N4O4. The third kappa shape index (κ3) is 6.03. The van der Waals surface area contributed by atoms with E-state index in [0.717, 1.165) is 37.2 Å². The molecule has 0 radical (unpaired) electrons. The summed E-state index contributed by atoms with van der Waals surface area (Å²) in [5.74, 6) is 0.915. The highest BCUT2D eigenvalue weighted by atomic mass is 16.5. The fourth-order valence-electron chi connectivity index (χ4n) is 4.09. The predicted molar refractivity (Wildman–Crippen MR) is 138 cm³/mol. The van der Waals surface area contributed by atoms with Gasteiger partial charge < -0.3 is 30.3 Å². The van der Waals surface area contributed by atoms with Gasteiger partial charge in [-0.1, -0.05) is 30.3 Å². The molecule has 3 amide bonds. The molecule has 1 saturated heterocycles. The fraction of sp³-hybridized carbons (Fsp3) is 0.259. The number of carbonyl (C=O) groups excluding carboxylic acids is 2. The maximum atomic E-state index is 13.2. The minimum atomic E-state index is -0.446. The van der Waals surface area contributed by atoms with Gasteiger partial charge >= 0.3 is 6.03 Å². The summed E-state index contributed by atoms with van der Waals surface area (Å²) in [6.45, 7) is 2.24. The molecule has 0 spiro atoms. The SMILES string of the molecule is COc1ccc(NC(=O)Nc2ccc(N3CCCC3)c(C(=O)NCc3ccccc3)c2)c(OC)c1. The number of urea groups is 1. The van der Waals surface area contributed by atoms with E-state index in [0.29, 0.717) is 35.0 Å². The number of carbonyl (C=O) groups is 2. The quantitative estimate of drug-likeness (QED) is 0.433. The molecule has 1 heterocycles. The first-order chi connectivity index (χ1) is 17.1. The second kappa shape index (κ2) is 11.3. The number of anilines is 3. The maximum absolute atomic E-state index is 13.2. The van der Waals surface area contributed by atoms with E-state index in [9.17, 15) is 9.59 Å². The van der Waals surface area contributed by atoms with Gasteiger partial charge in [-0.2, -0.15) is 0 Å². The third-order valence-electron chi connectivity index (χ3n) is 5.90. The molecule has 3 aromatic rings. The van der Waals surface area contributed by atoms with Crippen molar-refractivity contribution in [3.05, 3.63) is 77.9 Å². The Kier molecular flexibility index (Phi) is 7.72. The van der Waals surface area contributed by atoms with E-state index in [4.69, 9.17) is 9.47 Å². The molecular weight excluding hydrogens is 444 g/mol. The van der Waals surface area contributed by atoms with E-state index in [1.807, 2.05) is 42.5 Å². The van der Waals surface area contributed by atoms with Gasteiger partial charge in [0.15, 0.2) is 0 Å². The lowest BCUT2D eigenvalue weighted by Gasteiger charge is -2.22. The molecule has 182 valence electrons. The van der Waals surface area contributed by atoms with Crippen molar-refractivity contribution >= 4 is 29.0 Å². The number of hydrogen-bond donors (Lipinski definition) is 3. The van der Waals surface area contributed by atoms with E-state index < -0.39 is 6.03 Å². The summed E-state index contributed by atoms with van der Waals surface area (Å²) in [7, 11) is 3.09. The molecule has 3 aromatic carbocycles. The molecule has 0 atom stereocenters. The first-order valence-corrected chi connectivity index (χ1v) is 11.6. The van der Waals surface area contributed by atoms with Crippen LogP contribution in [0.25, 0.3) is 0 Å². The third-order valence-corrected chi connectivity index (χ3v) is 5.90. The second-order valence-corrected chi connectivity index (χ2v) is 8.24. The van der Waals surface area contributed by atoms with Gasteiger partial charge in [0.2, 0.25) is 0 Å². The van der Waals surface area contributed by atoms with Crippen LogP contribution in [0.2, 0.25) is 0 Å². The molecule has 1 aliphatic rings. The highest BCUT2D eigenvalue weighted by Gasteiger charge is 2.21. The summed E-state index contributed by atoms with van der Waals surface area (Å²) in [5.41, 5.74) is 3.44. The van der Waals surface area contributed by atoms with Crippen molar-refractivity contribution in [3.8, 4) is 11.5 Å². The lowest BCUT2D eigenvalue weighted by molar-refractivity contribution is 0.0951. The maximum Gasteiger partial charge on any atom is 0.323 e. The Morgan fingerprint density at radius 1 is 0.886 bits per heavy atom. The Labute approximate surface area is 205 Å². The van der Waals surface area contributed by atoms with Gasteiger partial charge in [0.05, 0.1) is 25.5 Å². The molecule has 3 N–H and O–H groups in total. The minimum Gasteiger partial charge on any atom is -0.497 e. The summed E-state index contributed by atoms with van der Waals surface area (Å²) in [6, 6.07) is 19.9. The molecule has 8 heteroatoms. The molecule has 0 aromatic heterocycles. The number of nitrogens with one attached hydrogen (secondary N) is 3. The van der Waals surface area contributed by atoms with E-state index >= 15 is 0 Å². The number of ether oxygens (including phenoxy) is 2. The van der Waals surface area contributed by atoms with Gasteiger partial charge in [-0.25, -0.2) is 4.79 Å². The average molecular weight is 475 g/mol. The van der Waals surface area contributed by atoms with Crippen LogP contribution < -0.4 is 30.3 Å². The zero-order chi connectivity index (χ0) is 24.6. The molecule has 0 aliphatic carbocycles. The Morgan fingerprint density at radius 2 is 1.66 bits per heavy atom. The van der Waals surface area contributed by atoms with Crippen LogP contribution in [0.15, 0.2) is 66.7 Å². The van der Waals surface area contributed by atoms with Gasteiger partial charge in [-0.05, 0) is 48.7 Å². The van der Waals surface area contributed by atoms with Crippen molar-refractivity contribution in [2.45, 2.75) is 19.4 Å². The zero-order valence-electron chi connectivity index (χ0n) is 20.0. The predicted octanol–water partition coefficient (Wildman–Crippen LogP) is 4.88. The largest absolute Gasteiger partial charge is 0.497 e. The van der Waals surface area contributed by atoms with Crippen molar-refractivity contribution in [1.29, 1.82) is 0 Å². The Bertz CT molecular complexity index is 1180. The van der Waals surface area contributed by atoms with Crippen molar-refractivity contribution in [3.63, 3.8) is 0 Å². The summed E-state index contributed by atoms with van der Waals surface area (Å²) in [4.78, 5) is 28.1. The Morgan fingerprint density at radius 3 is 2.37 bits per heavy atom. The molecule has 4 rings (SSSR count). The van der Waals surface area contributed by atoms with Gasteiger partial charge in [0.1, 0.15) is 11.5 Å². The standard InChI is InChI=1S/C27H30N4O4/c1-34-21-11-12-23(25(17-21)35-2)30-27(33)29-20-10-13-24(31-14-6-7-15-31)22(16-20)26(32)28-18-19-8-4-3-5-9-19/h3-5,8-13,16-17H,6-7,14-15,18H2,1-2H3,(H,28,32)(H2,29,30,33). The summed E-state index contributed by atoms with van der Waals surface area (Å²) in [6.07, 6.45) is 2.19. The number of hydrogen-bond acceptors (Lipinski definition) is 5. The van der Waals surface area contributed by atoms with Gasteiger partial charge in [0, 0.05) is 37.1 Å². The average Bonchev–Trinajstić information content (AvgIpc) is 3.43. The monoisotopic (exact) mass is 474 g/mol. The fourth-order valence-corrected chi connectivity index (χ4v) is 4.09. The van der Waals surface area contributed by atoms with Gasteiger partial charge in [-0.3, -0.25) is 4.79 Å². The Balaban J connectivity index is 1.51. The van der Waals surface area contributed by atoms with Gasteiger partial charge in [0.25, 0.3) is 5.91 Å². The second-order valence-electron chi connectivity index (χ2n) is 8.24. The van der Waals surface area contributed by atoms with Crippen molar-refractivity contribution in [2.24, 2.45) is 0 Å².